The Morgan fingerprint density at radius 1 is 0.793 bits per heavy atom. The van der Waals surface area contributed by atoms with Gasteiger partial charge in [-0.2, -0.15) is 0 Å². The van der Waals surface area contributed by atoms with Gasteiger partial charge in [0.25, 0.3) is 5.91 Å². The number of nitrogens with one attached hydrogen (secondary N) is 1. The number of hydrogen-bond acceptors (Lipinski definition) is 4. The lowest BCUT2D eigenvalue weighted by Crippen LogP contribution is -2.11. The summed E-state index contributed by atoms with van der Waals surface area (Å²) < 4.78 is 13.1. The molecule has 4 aromatic rings. The first-order valence-electron chi connectivity index (χ1n) is 8.85. The number of nitrogens with zero attached hydrogens (tertiary/aromatic N) is 1. The van der Waals surface area contributed by atoms with Crippen molar-refractivity contribution in [2.75, 3.05) is 5.32 Å². The lowest BCUT2D eigenvalue weighted by molar-refractivity contribution is 0.102. The van der Waals surface area contributed by atoms with Crippen LogP contribution in [0.25, 0.3) is 11.3 Å². The molecule has 1 N–H and O–H groups in total. The molecule has 0 saturated heterocycles. The Kier molecular flexibility index (Phi) is 5.27. The summed E-state index contributed by atoms with van der Waals surface area (Å²) in [5.41, 5.74) is 2.15. The number of carbonyl (C=O) groups is 2. The van der Waals surface area contributed by atoms with Crippen molar-refractivity contribution in [3.63, 3.8) is 0 Å². The molecule has 29 heavy (non-hydrogen) atoms. The summed E-state index contributed by atoms with van der Waals surface area (Å²) in [7, 11) is 0. The van der Waals surface area contributed by atoms with Gasteiger partial charge >= 0.3 is 0 Å². The molecule has 0 radical (unpaired) electrons. The van der Waals surface area contributed by atoms with E-state index in [-0.39, 0.29) is 5.78 Å². The summed E-state index contributed by atoms with van der Waals surface area (Å²) in [5.74, 6) is -1.00. The fraction of sp³-hybridized carbons (Fsp3) is 0. The average molecular weight is 402 g/mol. The zero-order valence-corrected chi connectivity index (χ0v) is 15.9. The van der Waals surface area contributed by atoms with Gasteiger partial charge < -0.3 is 0 Å². The number of anilines is 1. The molecule has 0 unspecified atom stereocenters. The van der Waals surface area contributed by atoms with Crippen LogP contribution in [0.5, 0.6) is 0 Å². The number of rotatable bonds is 5. The largest absolute Gasteiger partial charge is 0.298 e. The van der Waals surface area contributed by atoms with Gasteiger partial charge in [-0.1, -0.05) is 72.0 Å². The number of aromatic nitrogens is 1. The minimum atomic E-state index is -0.419. The van der Waals surface area contributed by atoms with Crippen LogP contribution in [-0.4, -0.2) is 16.7 Å². The maximum atomic E-state index is 13.1. The number of amides is 1. The molecule has 0 atom stereocenters. The molecule has 3 aromatic carbocycles. The summed E-state index contributed by atoms with van der Waals surface area (Å²) in [4.78, 5) is 30.5. The highest BCUT2D eigenvalue weighted by Gasteiger charge is 2.21. The molecule has 1 heterocycles. The van der Waals surface area contributed by atoms with Crippen molar-refractivity contribution in [2.24, 2.45) is 0 Å². The average Bonchev–Trinajstić information content (AvgIpc) is 3.18. The van der Waals surface area contributed by atoms with E-state index in [1.54, 1.807) is 24.3 Å². The van der Waals surface area contributed by atoms with Crippen molar-refractivity contribution >= 4 is 28.2 Å². The third-order valence-corrected chi connectivity index (χ3v) is 5.21. The molecule has 4 nitrogen and oxygen atoms in total. The Morgan fingerprint density at radius 3 is 2.07 bits per heavy atom. The Hall–Kier alpha value is -3.64. The highest BCUT2D eigenvalue weighted by Crippen LogP contribution is 2.33. The van der Waals surface area contributed by atoms with E-state index in [1.165, 1.54) is 24.3 Å². The smallest absolute Gasteiger partial charge is 0.257 e. The molecule has 0 spiro atoms. The van der Waals surface area contributed by atoms with Crippen LogP contribution in [0, 0.1) is 5.82 Å². The molecule has 0 aliphatic heterocycles. The Balaban J connectivity index is 1.71. The molecular weight excluding hydrogens is 387 g/mol. The number of benzene rings is 3. The van der Waals surface area contributed by atoms with Crippen LogP contribution >= 0.6 is 11.3 Å². The van der Waals surface area contributed by atoms with Crippen molar-refractivity contribution in [1.82, 2.24) is 4.98 Å². The molecule has 6 heteroatoms. The molecule has 0 fully saturated rings. The number of thiazole rings is 1. The predicted octanol–water partition coefficient (Wildman–Crippen LogP) is 5.43. The molecule has 0 saturated carbocycles. The first-order chi connectivity index (χ1) is 14.1. The van der Waals surface area contributed by atoms with Gasteiger partial charge in [-0.25, -0.2) is 9.37 Å². The normalized spacial score (nSPS) is 10.5. The Bertz CT molecular complexity index is 1160. The standard InChI is InChI=1S/C23H15FN2O2S/c24-18-13-11-17(12-14-18)22(28)26-23-25-19(15-7-3-1-4-8-15)21(29-23)20(27)16-9-5-2-6-10-16/h1-14H,(H,25,26,28). The topological polar surface area (TPSA) is 59.1 Å². The zero-order chi connectivity index (χ0) is 20.2. The lowest BCUT2D eigenvalue weighted by atomic mass is 10.1. The minimum Gasteiger partial charge on any atom is -0.298 e. The fourth-order valence-electron chi connectivity index (χ4n) is 2.81. The van der Waals surface area contributed by atoms with E-state index >= 15 is 0 Å². The minimum absolute atomic E-state index is 0.163. The van der Waals surface area contributed by atoms with Crippen molar-refractivity contribution in [2.45, 2.75) is 0 Å². The van der Waals surface area contributed by atoms with E-state index in [0.717, 1.165) is 16.9 Å². The molecule has 4 rings (SSSR count). The Morgan fingerprint density at radius 2 is 1.41 bits per heavy atom. The van der Waals surface area contributed by atoms with Gasteiger partial charge in [-0.15, -0.1) is 0 Å². The van der Waals surface area contributed by atoms with E-state index in [1.807, 2.05) is 36.4 Å². The maximum Gasteiger partial charge on any atom is 0.257 e. The van der Waals surface area contributed by atoms with Crippen LogP contribution in [0.4, 0.5) is 9.52 Å². The van der Waals surface area contributed by atoms with Crippen LogP contribution < -0.4 is 5.32 Å². The summed E-state index contributed by atoms with van der Waals surface area (Å²) in [5, 5.41) is 3.01. The number of hydrogen-bond donors (Lipinski definition) is 1. The maximum absolute atomic E-state index is 13.1. The van der Waals surface area contributed by atoms with E-state index in [9.17, 15) is 14.0 Å². The van der Waals surface area contributed by atoms with Crippen LogP contribution in [0.1, 0.15) is 25.6 Å². The number of ketones is 1. The number of carbonyl (C=O) groups excluding carboxylic acids is 2. The van der Waals surface area contributed by atoms with Crippen molar-refractivity contribution in [1.29, 1.82) is 0 Å². The van der Waals surface area contributed by atoms with Gasteiger partial charge in [-0.3, -0.25) is 14.9 Å². The van der Waals surface area contributed by atoms with E-state index in [4.69, 9.17) is 0 Å². The SMILES string of the molecule is O=C(Nc1nc(-c2ccccc2)c(C(=O)c2ccccc2)s1)c1ccc(F)cc1. The fourth-order valence-corrected chi connectivity index (χ4v) is 3.76. The third-order valence-electron chi connectivity index (χ3n) is 4.24. The van der Waals surface area contributed by atoms with Gasteiger partial charge in [-0.05, 0) is 24.3 Å². The Labute approximate surface area is 170 Å². The predicted molar refractivity (Wildman–Crippen MR) is 112 cm³/mol. The summed E-state index contributed by atoms with van der Waals surface area (Å²) in [6.07, 6.45) is 0. The number of halogens is 1. The van der Waals surface area contributed by atoms with Gasteiger partial charge in [0.15, 0.2) is 5.13 Å². The lowest BCUT2D eigenvalue weighted by Gasteiger charge is -2.02. The first-order valence-corrected chi connectivity index (χ1v) is 9.66. The first kappa shape index (κ1) is 18.7. The second-order valence-corrected chi connectivity index (χ2v) is 7.22. The molecule has 0 bridgehead atoms. The van der Waals surface area contributed by atoms with Gasteiger partial charge in [0.05, 0.1) is 5.69 Å². The third kappa shape index (κ3) is 4.12. The molecular formula is C23H15FN2O2S. The molecule has 1 aromatic heterocycles. The quantitative estimate of drug-likeness (QED) is 0.453. The molecule has 0 aliphatic carbocycles. The molecule has 0 aliphatic rings. The summed E-state index contributed by atoms with van der Waals surface area (Å²) in [6.45, 7) is 0. The van der Waals surface area contributed by atoms with Crippen molar-refractivity contribution < 1.29 is 14.0 Å². The van der Waals surface area contributed by atoms with Crippen molar-refractivity contribution in [3.8, 4) is 11.3 Å². The molecule has 1 amide bonds. The zero-order valence-electron chi connectivity index (χ0n) is 15.1. The van der Waals surface area contributed by atoms with Crippen molar-refractivity contribution in [3.05, 3.63) is 107 Å². The second-order valence-electron chi connectivity index (χ2n) is 6.22. The highest BCUT2D eigenvalue weighted by molar-refractivity contribution is 7.18. The van der Waals surface area contributed by atoms with Crippen LogP contribution in [0.2, 0.25) is 0 Å². The van der Waals surface area contributed by atoms with E-state index in [0.29, 0.717) is 26.8 Å². The highest BCUT2D eigenvalue weighted by atomic mass is 32.1. The van der Waals surface area contributed by atoms with Crippen LogP contribution in [0.3, 0.4) is 0 Å². The summed E-state index contributed by atoms with van der Waals surface area (Å²) in [6, 6.07) is 23.5. The monoisotopic (exact) mass is 402 g/mol. The summed E-state index contributed by atoms with van der Waals surface area (Å²) >= 11 is 1.12. The van der Waals surface area contributed by atoms with Crippen LogP contribution in [-0.2, 0) is 0 Å². The van der Waals surface area contributed by atoms with Gasteiger partial charge in [0, 0.05) is 16.7 Å². The van der Waals surface area contributed by atoms with E-state index in [2.05, 4.69) is 10.3 Å². The molecule has 142 valence electrons. The van der Waals surface area contributed by atoms with E-state index < -0.39 is 11.7 Å². The van der Waals surface area contributed by atoms with Gasteiger partial charge in [0.2, 0.25) is 5.78 Å². The second kappa shape index (κ2) is 8.16. The van der Waals surface area contributed by atoms with Crippen LogP contribution in [0.15, 0.2) is 84.9 Å². The van der Waals surface area contributed by atoms with Gasteiger partial charge in [0.1, 0.15) is 10.7 Å².